The Kier molecular flexibility index (Phi) is 7.80. The maximum atomic E-state index is 9.60. The third kappa shape index (κ3) is 6.15. The lowest BCUT2D eigenvalue weighted by atomic mass is 10.2. The number of rotatable bonds is 8. The van der Waals surface area contributed by atoms with Crippen molar-refractivity contribution in [3.63, 3.8) is 0 Å². The van der Waals surface area contributed by atoms with E-state index in [0.717, 1.165) is 23.0 Å². The smallest absolute Gasteiger partial charge is 0.0631 e. The van der Waals surface area contributed by atoms with Gasteiger partial charge in [0.2, 0.25) is 0 Å². The molecule has 2 N–H and O–H groups in total. The van der Waals surface area contributed by atoms with E-state index in [1.165, 1.54) is 5.56 Å². The first kappa shape index (κ1) is 16.8. The van der Waals surface area contributed by atoms with Crippen molar-refractivity contribution in [2.75, 3.05) is 20.3 Å². The van der Waals surface area contributed by atoms with E-state index in [9.17, 15) is 5.11 Å². The van der Waals surface area contributed by atoms with Gasteiger partial charge < -0.3 is 15.2 Å². The average Bonchev–Trinajstić information content (AvgIpc) is 2.36. The van der Waals surface area contributed by atoms with Crippen LogP contribution in [0.25, 0.3) is 0 Å². The monoisotopic (exact) mass is 303 g/mol. The van der Waals surface area contributed by atoms with E-state index in [2.05, 4.69) is 5.32 Å². The zero-order valence-electron chi connectivity index (χ0n) is 11.6. The van der Waals surface area contributed by atoms with Crippen molar-refractivity contribution in [3.05, 3.63) is 28.8 Å². The molecule has 0 saturated carbocycles. The van der Waals surface area contributed by atoms with E-state index < -0.39 is 0 Å². The van der Waals surface area contributed by atoms with E-state index in [1.807, 2.05) is 25.1 Å². The van der Waals surface area contributed by atoms with Crippen LogP contribution in [0.5, 0.6) is 0 Å². The summed E-state index contributed by atoms with van der Waals surface area (Å²) in [5.74, 6) is 0. The van der Waals surface area contributed by atoms with Gasteiger partial charge in [0.1, 0.15) is 0 Å². The minimum atomic E-state index is -0.349. The van der Waals surface area contributed by atoms with Crippen LogP contribution >= 0.6 is 23.4 Å². The Labute approximate surface area is 124 Å². The van der Waals surface area contributed by atoms with Crippen molar-refractivity contribution in [1.82, 2.24) is 5.32 Å². The molecule has 1 rings (SSSR count). The molecule has 0 aliphatic heterocycles. The van der Waals surface area contributed by atoms with Crippen LogP contribution in [0.15, 0.2) is 23.1 Å². The van der Waals surface area contributed by atoms with Crippen LogP contribution in [0.1, 0.15) is 19.4 Å². The van der Waals surface area contributed by atoms with Crippen LogP contribution in [-0.2, 0) is 11.3 Å². The highest BCUT2D eigenvalue weighted by atomic mass is 35.5. The van der Waals surface area contributed by atoms with Crippen LogP contribution in [0.3, 0.4) is 0 Å². The number of benzene rings is 1. The molecule has 0 aliphatic carbocycles. The fourth-order valence-electron chi connectivity index (χ4n) is 1.48. The number of hydrogen-bond acceptors (Lipinski definition) is 4. The SMILES string of the molecule is COCCNCc1ccc(Cl)cc1SC(C)C(C)O. The summed E-state index contributed by atoms with van der Waals surface area (Å²) in [6, 6.07) is 5.88. The molecule has 0 heterocycles. The molecule has 0 bridgehead atoms. The molecule has 0 aliphatic rings. The van der Waals surface area contributed by atoms with Crippen molar-refractivity contribution in [2.24, 2.45) is 0 Å². The molecule has 108 valence electrons. The molecule has 3 nitrogen and oxygen atoms in total. The summed E-state index contributed by atoms with van der Waals surface area (Å²) < 4.78 is 5.00. The lowest BCUT2D eigenvalue weighted by Gasteiger charge is -2.17. The van der Waals surface area contributed by atoms with E-state index in [-0.39, 0.29) is 11.4 Å². The van der Waals surface area contributed by atoms with Gasteiger partial charge in [-0.15, -0.1) is 11.8 Å². The highest BCUT2D eigenvalue weighted by Gasteiger charge is 2.13. The fourth-order valence-corrected chi connectivity index (χ4v) is 2.80. The van der Waals surface area contributed by atoms with Crippen molar-refractivity contribution in [3.8, 4) is 0 Å². The molecule has 1 aromatic rings. The number of nitrogens with one attached hydrogen (secondary N) is 1. The second-order valence-corrected chi connectivity index (χ2v) is 6.34. The predicted molar refractivity (Wildman–Crippen MR) is 82.0 cm³/mol. The number of methoxy groups -OCH3 is 1. The number of hydrogen-bond donors (Lipinski definition) is 2. The molecule has 0 saturated heterocycles. The van der Waals surface area contributed by atoms with Crippen molar-refractivity contribution < 1.29 is 9.84 Å². The summed E-state index contributed by atoms with van der Waals surface area (Å²) in [6.07, 6.45) is -0.349. The van der Waals surface area contributed by atoms with Crippen LogP contribution in [0.2, 0.25) is 5.02 Å². The van der Waals surface area contributed by atoms with Crippen LogP contribution in [0, 0.1) is 0 Å². The maximum absolute atomic E-state index is 9.60. The predicted octanol–water partition coefficient (Wildman–Crippen LogP) is 2.94. The van der Waals surface area contributed by atoms with E-state index in [4.69, 9.17) is 16.3 Å². The molecule has 0 aromatic heterocycles. The van der Waals surface area contributed by atoms with E-state index in [1.54, 1.807) is 25.8 Å². The first-order valence-electron chi connectivity index (χ1n) is 6.37. The van der Waals surface area contributed by atoms with Crippen LogP contribution < -0.4 is 5.32 Å². The Morgan fingerprint density at radius 2 is 2.16 bits per heavy atom. The average molecular weight is 304 g/mol. The molecule has 2 unspecified atom stereocenters. The molecule has 0 radical (unpaired) electrons. The van der Waals surface area contributed by atoms with Gasteiger partial charge >= 0.3 is 0 Å². The second-order valence-electron chi connectivity index (χ2n) is 4.49. The Morgan fingerprint density at radius 1 is 1.42 bits per heavy atom. The van der Waals surface area contributed by atoms with Gasteiger partial charge in [-0.2, -0.15) is 0 Å². The Hall–Kier alpha value is -0.260. The minimum absolute atomic E-state index is 0.135. The number of ether oxygens (including phenoxy) is 1. The summed E-state index contributed by atoms with van der Waals surface area (Å²) in [4.78, 5) is 1.12. The number of halogens is 1. The lowest BCUT2D eigenvalue weighted by Crippen LogP contribution is -2.19. The van der Waals surface area contributed by atoms with Gasteiger partial charge in [-0.1, -0.05) is 24.6 Å². The molecular formula is C14H22ClNO2S. The largest absolute Gasteiger partial charge is 0.392 e. The molecule has 0 amide bonds. The first-order valence-corrected chi connectivity index (χ1v) is 7.63. The quantitative estimate of drug-likeness (QED) is 0.572. The summed E-state index contributed by atoms with van der Waals surface area (Å²) in [5, 5.41) is 13.8. The second kappa shape index (κ2) is 8.82. The molecule has 2 atom stereocenters. The van der Waals surface area contributed by atoms with Crippen molar-refractivity contribution >= 4 is 23.4 Å². The van der Waals surface area contributed by atoms with Gasteiger partial charge in [0.05, 0.1) is 12.7 Å². The zero-order chi connectivity index (χ0) is 14.3. The third-order valence-electron chi connectivity index (χ3n) is 2.82. The van der Waals surface area contributed by atoms with Crippen molar-refractivity contribution in [1.29, 1.82) is 0 Å². The summed E-state index contributed by atoms with van der Waals surface area (Å²) in [6.45, 7) is 6.10. The van der Waals surface area contributed by atoms with Gasteiger partial charge in [-0.25, -0.2) is 0 Å². The molecule has 0 fully saturated rings. The van der Waals surface area contributed by atoms with E-state index in [0.29, 0.717) is 6.61 Å². The molecule has 0 spiro atoms. The zero-order valence-corrected chi connectivity index (χ0v) is 13.2. The topological polar surface area (TPSA) is 41.5 Å². The highest BCUT2D eigenvalue weighted by molar-refractivity contribution is 8.00. The van der Waals surface area contributed by atoms with Crippen molar-refractivity contribution in [2.45, 2.75) is 36.6 Å². The van der Waals surface area contributed by atoms with Gasteiger partial charge in [0.15, 0.2) is 0 Å². The standard InChI is InChI=1S/C14H22ClNO2S/c1-10(17)11(2)19-14-8-13(15)5-4-12(14)9-16-6-7-18-3/h4-5,8,10-11,16-17H,6-7,9H2,1-3H3. The maximum Gasteiger partial charge on any atom is 0.0631 e. The number of aliphatic hydroxyl groups excluding tert-OH is 1. The van der Waals surface area contributed by atoms with Gasteiger partial charge in [0, 0.05) is 35.4 Å². The first-order chi connectivity index (χ1) is 9.04. The van der Waals surface area contributed by atoms with Gasteiger partial charge in [-0.3, -0.25) is 0 Å². The molecule has 5 heteroatoms. The van der Waals surface area contributed by atoms with Crippen LogP contribution in [0.4, 0.5) is 0 Å². The number of aliphatic hydroxyl groups is 1. The molecular weight excluding hydrogens is 282 g/mol. The lowest BCUT2D eigenvalue weighted by molar-refractivity contribution is 0.196. The number of thioether (sulfide) groups is 1. The van der Waals surface area contributed by atoms with Gasteiger partial charge in [0.25, 0.3) is 0 Å². The Balaban J connectivity index is 2.68. The molecule has 19 heavy (non-hydrogen) atoms. The van der Waals surface area contributed by atoms with Crippen LogP contribution in [-0.4, -0.2) is 36.7 Å². The Morgan fingerprint density at radius 3 is 2.79 bits per heavy atom. The summed E-state index contributed by atoms with van der Waals surface area (Å²) in [5.41, 5.74) is 1.19. The third-order valence-corrected chi connectivity index (χ3v) is 4.45. The molecule has 1 aromatic carbocycles. The summed E-state index contributed by atoms with van der Waals surface area (Å²) in [7, 11) is 1.69. The Bertz CT molecular complexity index is 388. The highest BCUT2D eigenvalue weighted by Crippen LogP contribution is 2.30. The minimum Gasteiger partial charge on any atom is -0.392 e. The van der Waals surface area contributed by atoms with Gasteiger partial charge in [-0.05, 0) is 24.6 Å². The fraction of sp³-hybridized carbons (Fsp3) is 0.571. The normalized spacial score (nSPS) is 14.4. The van der Waals surface area contributed by atoms with E-state index >= 15 is 0 Å². The summed E-state index contributed by atoms with van der Waals surface area (Å²) >= 11 is 7.70.